The van der Waals surface area contributed by atoms with Crippen molar-refractivity contribution >= 4 is 11.6 Å². The van der Waals surface area contributed by atoms with Gasteiger partial charge < -0.3 is 0 Å². The monoisotopic (exact) mass is 132 g/mol. The van der Waals surface area contributed by atoms with Crippen LogP contribution in [0.25, 0.3) is 0 Å². The normalized spacial score (nSPS) is 9.75. The van der Waals surface area contributed by atoms with Gasteiger partial charge in [-0.2, -0.15) is 0 Å². The van der Waals surface area contributed by atoms with Gasteiger partial charge in [0.05, 0.1) is 0 Å². The van der Waals surface area contributed by atoms with Crippen molar-refractivity contribution in [1.29, 1.82) is 0 Å². The molecule has 0 fully saturated rings. The SMILES string of the molecule is C=C(F)C=CC(=C)Cl. The first-order chi connectivity index (χ1) is 3.63. The van der Waals surface area contributed by atoms with Crippen LogP contribution in [0.2, 0.25) is 0 Å². The lowest BCUT2D eigenvalue weighted by atomic mass is 10.4. The van der Waals surface area contributed by atoms with Crippen molar-refractivity contribution in [2.45, 2.75) is 0 Å². The standard InChI is InChI=1S/C6H6ClF/c1-5(7)3-4-6(2)8/h3-4H,1-2H2. The molecule has 0 aromatic rings. The Bertz CT molecular complexity index is 119. The predicted octanol–water partition coefficient (Wildman–Crippen LogP) is 2.78. The van der Waals surface area contributed by atoms with Gasteiger partial charge in [-0.15, -0.1) is 0 Å². The van der Waals surface area contributed by atoms with Crippen LogP contribution in [0, 0.1) is 0 Å². The summed E-state index contributed by atoms with van der Waals surface area (Å²) in [4.78, 5) is 0. The van der Waals surface area contributed by atoms with Crippen molar-refractivity contribution in [3.8, 4) is 0 Å². The van der Waals surface area contributed by atoms with Crippen LogP contribution in [0.15, 0.2) is 36.2 Å². The van der Waals surface area contributed by atoms with Crippen LogP contribution in [-0.2, 0) is 0 Å². The molecule has 0 aliphatic carbocycles. The molecule has 0 radical (unpaired) electrons. The highest BCUT2D eigenvalue weighted by Crippen LogP contribution is 2.01. The minimum atomic E-state index is -0.521. The molecule has 8 heavy (non-hydrogen) atoms. The summed E-state index contributed by atoms with van der Waals surface area (Å²) < 4.78 is 11.7. The zero-order valence-electron chi connectivity index (χ0n) is 4.32. The van der Waals surface area contributed by atoms with Gasteiger partial charge >= 0.3 is 0 Å². The number of hydrogen-bond donors (Lipinski definition) is 0. The Balaban J connectivity index is 3.67. The second kappa shape index (κ2) is 3.44. The van der Waals surface area contributed by atoms with Gasteiger partial charge in [0, 0.05) is 5.03 Å². The Kier molecular flexibility index (Phi) is 3.20. The van der Waals surface area contributed by atoms with Crippen LogP contribution in [0.5, 0.6) is 0 Å². The Morgan fingerprint density at radius 2 is 1.88 bits per heavy atom. The molecule has 0 aromatic carbocycles. The lowest BCUT2D eigenvalue weighted by Crippen LogP contribution is -1.58. The minimum Gasteiger partial charge on any atom is -0.208 e. The quantitative estimate of drug-likeness (QED) is 0.507. The van der Waals surface area contributed by atoms with E-state index in [1.54, 1.807) is 0 Å². The van der Waals surface area contributed by atoms with Crippen molar-refractivity contribution in [3.05, 3.63) is 36.2 Å². The molecule has 0 atom stereocenters. The molecule has 0 aromatic heterocycles. The van der Waals surface area contributed by atoms with Gasteiger partial charge in [0.2, 0.25) is 0 Å². The third kappa shape index (κ3) is 5.44. The van der Waals surface area contributed by atoms with Crippen LogP contribution >= 0.6 is 11.6 Å². The van der Waals surface area contributed by atoms with E-state index >= 15 is 0 Å². The first-order valence-electron chi connectivity index (χ1n) is 2.00. The average molecular weight is 133 g/mol. The minimum absolute atomic E-state index is 0.295. The van der Waals surface area contributed by atoms with E-state index in [2.05, 4.69) is 13.2 Å². The van der Waals surface area contributed by atoms with Crippen molar-refractivity contribution in [1.82, 2.24) is 0 Å². The molecule has 0 amide bonds. The highest BCUT2D eigenvalue weighted by Gasteiger charge is 1.78. The molecule has 0 N–H and O–H groups in total. The third-order valence-electron chi connectivity index (χ3n) is 0.445. The average Bonchev–Trinajstić information content (AvgIpc) is 1.61. The lowest BCUT2D eigenvalue weighted by Gasteiger charge is -1.78. The van der Waals surface area contributed by atoms with Crippen molar-refractivity contribution in [3.63, 3.8) is 0 Å². The van der Waals surface area contributed by atoms with Gasteiger partial charge in [-0.05, 0) is 12.2 Å². The molecule has 0 bridgehead atoms. The number of rotatable bonds is 2. The molecule has 0 aliphatic heterocycles. The number of halogens is 2. The van der Waals surface area contributed by atoms with Crippen molar-refractivity contribution < 1.29 is 4.39 Å². The van der Waals surface area contributed by atoms with Gasteiger partial charge in [-0.1, -0.05) is 24.8 Å². The number of hydrogen-bond acceptors (Lipinski definition) is 0. The summed E-state index contributed by atoms with van der Waals surface area (Å²) in [5.74, 6) is -0.521. The molecule has 0 unspecified atom stereocenters. The van der Waals surface area contributed by atoms with E-state index in [4.69, 9.17) is 11.6 Å². The van der Waals surface area contributed by atoms with Crippen LogP contribution in [0.3, 0.4) is 0 Å². The molecular formula is C6H6ClF. The molecule has 0 saturated carbocycles. The second-order valence-corrected chi connectivity index (χ2v) is 1.71. The summed E-state index contributed by atoms with van der Waals surface area (Å²) >= 11 is 5.23. The maximum Gasteiger partial charge on any atom is 0.116 e. The molecule has 0 rings (SSSR count). The van der Waals surface area contributed by atoms with Gasteiger partial charge in [0.1, 0.15) is 5.83 Å². The molecule has 0 saturated heterocycles. The summed E-state index contributed by atoms with van der Waals surface area (Å²) in [5, 5.41) is 0.295. The third-order valence-corrected chi connectivity index (χ3v) is 0.571. The summed E-state index contributed by atoms with van der Waals surface area (Å²) in [7, 11) is 0. The Morgan fingerprint density at radius 3 is 2.00 bits per heavy atom. The summed E-state index contributed by atoms with van der Waals surface area (Å²) in [5.41, 5.74) is 0. The second-order valence-electron chi connectivity index (χ2n) is 1.23. The largest absolute Gasteiger partial charge is 0.208 e. The zero-order chi connectivity index (χ0) is 6.57. The Labute approximate surface area is 53.0 Å². The highest BCUT2D eigenvalue weighted by molar-refractivity contribution is 6.30. The smallest absolute Gasteiger partial charge is 0.116 e. The summed E-state index contributed by atoms with van der Waals surface area (Å²) in [6, 6.07) is 0. The molecule has 0 aliphatic rings. The fourth-order valence-electron chi connectivity index (χ4n) is 0.181. The molecule has 2 heteroatoms. The van der Waals surface area contributed by atoms with Gasteiger partial charge in [-0.25, -0.2) is 4.39 Å². The molecule has 0 spiro atoms. The van der Waals surface area contributed by atoms with E-state index in [0.29, 0.717) is 5.03 Å². The zero-order valence-corrected chi connectivity index (χ0v) is 5.08. The van der Waals surface area contributed by atoms with E-state index in [1.165, 1.54) is 6.08 Å². The first-order valence-corrected chi connectivity index (χ1v) is 2.37. The number of allylic oxidation sites excluding steroid dienone is 4. The van der Waals surface area contributed by atoms with Gasteiger partial charge in [0.15, 0.2) is 0 Å². The highest BCUT2D eigenvalue weighted by atomic mass is 35.5. The van der Waals surface area contributed by atoms with E-state index in [-0.39, 0.29) is 0 Å². The Hall–Kier alpha value is -0.560. The van der Waals surface area contributed by atoms with Crippen LogP contribution < -0.4 is 0 Å². The van der Waals surface area contributed by atoms with Crippen LogP contribution in [0.1, 0.15) is 0 Å². The van der Waals surface area contributed by atoms with Crippen molar-refractivity contribution in [2.75, 3.05) is 0 Å². The maximum absolute atomic E-state index is 11.7. The first kappa shape index (κ1) is 7.44. The molecular weight excluding hydrogens is 127 g/mol. The lowest BCUT2D eigenvalue weighted by molar-refractivity contribution is 0.671. The summed E-state index contributed by atoms with van der Waals surface area (Å²) in [6.07, 6.45) is 2.49. The fourth-order valence-corrected chi connectivity index (χ4v) is 0.244. The predicted molar refractivity (Wildman–Crippen MR) is 34.4 cm³/mol. The van der Waals surface area contributed by atoms with Crippen molar-refractivity contribution in [2.24, 2.45) is 0 Å². The van der Waals surface area contributed by atoms with Gasteiger partial charge in [0.25, 0.3) is 0 Å². The fraction of sp³-hybridized carbons (Fsp3) is 0. The summed E-state index contributed by atoms with van der Waals surface area (Å²) in [6.45, 7) is 6.27. The molecule has 44 valence electrons. The van der Waals surface area contributed by atoms with Crippen LogP contribution in [0.4, 0.5) is 4.39 Å². The topological polar surface area (TPSA) is 0 Å². The van der Waals surface area contributed by atoms with E-state index in [9.17, 15) is 4.39 Å². The Morgan fingerprint density at radius 1 is 1.38 bits per heavy atom. The van der Waals surface area contributed by atoms with Gasteiger partial charge in [-0.3, -0.25) is 0 Å². The van der Waals surface area contributed by atoms with E-state index in [0.717, 1.165) is 6.08 Å². The molecule has 0 nitrogen and oxygen atoms in total. The van der Waals surface area contributed by atoms with Crippen LogP contribution in [-0.4, -0.2) is 0 Å². The van der Waals surface area contributed by atoms with E-state index in [1.807, 2.05) is 0 Å². The van der Waals surface area contributed by atoms with E-state index < -0.39 is 5.83 Å². The maximum atomic E-state index is 11.7. The molecule has 0 heterocycles.